The summed E-state index contributed by atoms with van der Waals surface area (Å²) in [6.45, 7) is 1.99. The van der Waals surface area contributed by atoms with Crippen LogP contribution in [0.15, 0.2) is 18.3 Å². The summed E-state index contributed by atoms with van der Waals surface area (Å²) in [5.74, 6) is 1.52. The molecule has 1 aliphatic carbocycles. The van der Waals surface area contributed by atoms with Crippen molar-refractivity contribution in [3.8, 4) is 0 Å². The van der Waals surface area contributed by atoms with Crippen LogP contribution in [0.2, 0.25) is 0 Å². The summed E-state index contributed by atoms with van der Waals surface area (Å²) in [5.41, 5.74) is 1.11. The maximum Gasteiger partial charge on any atom is 0.225 e. The van der Waals surface area contributed by atoms with Crippen LogP contribution in [-0.4, -0.2) is 10.9 Å². The fourth-order valence-corrected chi connectivity index (χ4v) is 2.56. The maximum absolute atomic E-state index is 11.8. The average molecular weight is 246 g/mol. The number of aryl methyl sites for hydroxylation is 1. The van der Waals surface area contributed by atoms with Crippen LogP contribution in [0.5, 0.6) is 0 Å². The van der Waals surface area contributed by atoms with E-state index in [1.54, 1.807) is 6.20 Å². The van der Waals surface area contributed by atoms with Crippen molar-refractivity contribution in [1.29, 1.82) is 0 Å². The second-order valence-electron chi connectivity index (χ2n) is 5.31. The third kappa shape index (κ3) is 4.13. The number of hydrogen-bond donors (Lipinski definition) is 1. The highest BCUT2D eigenvalue weighted by molar-refractivity contribution is 5.89. The van der Waals surface area contributed by atoms with E-state index in [-0.39, 0.29) is 5.91 Å². The second kappa shape index (κ2) is 6.53. The summed E-state index contributed by atoms with van der Waals surface area (Å²) in [7, 11) is 0. The van der Waals surface area contributed by atoms with Gasteiger partial charge in [0.15, 0.2) is 0 Å². The first kappa shape index (κ1) is 13.1. The number of aromatic nitrogens is 1. The van der Waals surface area contributed by atoms with Crippen molar-refractivity contribution < 1.29 is 4.79 Å². The Morgan fingerprint density at radius 1 is 1.33 bits per heavy atom. The van der Waals surface area contributed by atoms with Gasteiger partial charge in [-0.05, 0) is 30.9 Å². The molecule has 0 atom stereocenters. The van der Waals surface area contributed by atoms with Crippen molar-refractivity contribution in [2.45, 2.75) is 51.9 Å². The van der Waals surface area contributed by atoms with Crippen LogP contribution in [0.4, 0.5) is 5.82 Å². The number of rotatable bonds is 4. The van der Waals surface area contributed by atoms with E-state index < -0.39 is 0 Å². The third-order valence-electron chi connectivity index (χ3n) is 3.68. The molecule has 0 unspecified atom stereocenters. The van der Waals surface area contributed by atoms with E-state index in [2.05, 4.69) is 10.3 Å². The second-order valence-corrected chi connectivity index (χ2v) is 5.31. The quantitative estimate of drug-likeness (QED) is 0.880. The lowest BCUT2D eigenvalue weighted by atomic mass is 9.86. The fourth-order valence-electron chi connectivity index (χ4n) is 2.56. The molecule has 2 rings (SSSR count). The smallest absolute Gasteiger partial charge is 0.225 e. The van der Waals surface area contributed by atoms with E-state index in [0.29, 0.717) is 12.2 Å². The van der Waals surface area contributed by atoms with E-state index in [4.69, 9.17) is 0 Å². The Balaban J connectivity index is 1.73. The van der Waals surface area contributed by atoms with Crippen LogP contribution in [0, 0.1) is 12.8 Å². The first-order chi connectivity index (χ1) is 8.74. The summed E-state index contributed by atoms with van der Waals surface area (Å²) in [5, 5.41) is 2.86. The SMILES string of the molecule is Cc1ccc(NC(=O)CCC2CCCCC2)nc1. The van der Waals surface area contributed by atoms with Crippen molar-refractivity contribution in [2.24, 2.45) is 5.92 Å². The number of anilines is 1. The summed E-state index contributed by atoms with van der Waals surface area (Å²) < 4.78 is 0. The van der Waals surface area contributed by atoms with E-state index >= 15 is 0 Å². The molecule has 0 spiro atoms. The lowest BCUT2D eigenvalue weighted by Gasteiger charge is -2.20. The van der Waals surface area contributed by atoms with Gasteiger partial charge in [0.25, 0.3) is 0 Å². The Hall–Kier alpha value is -1.38. The Morgan fingerprint density at radius 3 is 2.78 bits per heavy atom. The van der Waals surface area contributed by atoms with E-state index in [9.17, 15) is 4.79 Å². The molecule has 1 heterocycles. The molecule has 0 saturated heterocycles. The predicted molar refractivity (Wildman–Crippen MR) is 73.4 cm³/mol. The maximum atomic E-state index is 11.8. The van der Waals surface area contributed by atoms with Crippen LogP contribution < -0.4 is 5.32 Å². The molecule has 0 aromatic carbocycles. The molecule has 98 valence electrons. The number of nitrogens with one attached hydrogen (secondary N) is 1. The predicted octanol–water partition coefficient (Wildman–Crippen LogP) is 3.69. The van der Waals surface area contributed by atoms with Gasteiger partial charge in [-0.25, -0.2) is 4.98 Å². The van der Waals surface area contributed by atoms with Crippen LogP contribution in [0.25, 0.3) is 0 Å². The highest BCUT2D eigenvalue weighted by Crippen LogP contribution is 2.27. The molecular weight excluding hydrogens is 224 g/mol. The molecule has 0 radical (unpaired) electrons. The first-order valence-corrected chi connectivity index (χ1v) is 6.96. The highest BCUT2D eigenvalue weighted by atomic mass is 16.1. The Labute approximate surface area is 109 Å². The van der Waals surface area contributed by atoms with Crippen molar-refractivity contribution in [1.82, 2.24) is 4.98 Å². The van der Waals surface area contributed by atoms with Gasteiger partial charge in [-0.2, -0.15) is 0 Å². The monoisotopic (exact) mass is 246 g/mol. The molecule has 3 heteroatoms. The number of pyridine rings is 1. The molecule has 1 aromatic rings. The zero-order valence-electron chi connectivity index (χ0n) is 11.1. The normalized spacial score (nSPS) is 16.5. The van der Waals surface area contributed by atoms with E-state index in [0.717, 1.165) is 17.9 Å². The minimum Gasteiger partial charge on any atom is -0.311 e. The fraction of sp³-hybridized carbons (Fsp3) is 0.600. The van der Waals surface area contributed by atoms with Gasteiger partial charge in [0.2, 0.25) is 5.91 Å². The van der Waals surface area contributed by atoms with Gasteiger partial charge in [0, 0.05) is 12.6 Å². The minimum atomic E-state index is 0.0944. The third-order valence-corrected chi connectivity index (χ3v) is 3.68. The van der Waals surface area contributed by atoms with Gasteiger partial charge in [-0.15, -0.1) is 0 Å². The minimum absolute atomic E-state index is 0.0944. The van der Waals surface area contributed by atoms with Gasteiger partial charge in [0.1, 0.15) is 5.82 Å². The van der Waals surface area contributed by atoms with Crippen LogP contribution in [0.1, 0.15) is 50.5 Å². The molecule has 18 heavy (non-hydrogen) atoms. The van der Waals surface area contributed by atoms with Gasteiger partial charge < -0.3 is 5.32 Å². The van der Waals surface area contributed by atoms with Crippen LogP contribution in [-0.2, 0) is 4.79 Å². The summed E-state index contributed by atoms with van der Waals surface area (Å²) in [6, 6.07) is 3.82. The molecule has 3 nitrogen and oxygen atoms in total. The van der Waals surface area contributed by atoms with Crippen molar-refractivity contribution in [2.75, 3.05) is 5.32 Å². The molecule has 1 N–H and O–H groups in total. The molecule has 0 aliphatic heterocycles. The van der Waals surface area contributed by atoms with Gasteiger partial charge >= 0.3 is 0 Å². The summed E-state index contributed by atoms with van der Waals surface area (Å²) in [6.07, 6.45) is 10.1. The lowest BCUT2D eigenvalue weighted by Crippen LogP contribution is -2.15. The van der Waals surface area contributed by atoms with Gasteiger partial charge in [0.05, 0.1) is 0 Å². The molecule has 1 aromatic heterocycles. The van der Waals surface area contributed by atoms with Crippen LogP contribution in [0.3, 0.4) is 0 Å². The lowest BCUT2D eigenvalue weighted by molar-refractivity contribution is -0.116. The molecule has 1 saturated carbocycles. The molecular formula is C15H22N2O. The van der Waals surface area contributed by atoms with Crippen molar-refractivity contribution in [3.05, 3.63) is 23.9 Å². The van der Waals surface area contributed by atoms with Gasteiger partial charge in [-0.1, -0.05) is 38.2 Å². The van der Waals surface area contributed by atoms with Crippen molar-refractivity contribution >= 4 is 11.7 Å². The summed E-state index contributed by atoms with van der Waals surface area (Å²) in [4.78, 5) is 16.0. The van der Waals surface area contributed by atoms with Gasteiger partial charge in [-0.3, -0.25) is 4.79 Å². The number of hydrogen-bond acceptors (Lipinski definition) is 2. The first-order valence-electron chi connectivity index (χ1n) is 6.96. The van der Waals surface area contributed by atoms with Crippen molar-refractivity contribution in [3.63, 3.8) is 0 Å². The Bertz CT molecular complexity index is 380. The zero-order chi connectivity index (χ0) is 12.8. The number of amides is 1. The molecule has 1 amide bonds. The standard InChI is InChI=1S/C15H22N2O/c1-12-7-9-14(16-11-12)17-15(18)10-8-13-5-3-2-4-6-13/h7,9,11,13H,2-6,8,10H2,1H3,(H,16,17,18). The highest BCUT2D eigenvalue weighted by Gasteiger charge is 2.14. The number of carbonyl (C=O) groups excluding carboxylic acids is 1. The molecule has 0 bridgehead atoms. The average Bonchev–Trinajstić information content (AvgIpc) is 2.40. The van der Waals surface area contributed by atoms with E-state index in [1.807, 2.05) is 19.1 Å². The van der Waals surface area contributed by atoms with Crippen LogP contribution >= 0.6 is 0 Å². The zero-order valence-corrected chi connectivity index (χ0v) is 11.1. The van der Waals surface area contributed by atoms with E-state index in [1.165, 1.54) is 32.1 Å². The largest absolute Gasteiger partial charge is 0.311 e. The Morgan fingerprint density at radius 2 is 2.11 bits per heavy atom. The molecule has 1 fully saturated rings. The topological polar surface area (TPSA) is 42.0 Å². The number of nitrogens with zero attached hydrogens (tertiary/aromatic N) is 1. The summed E-state index contributed by atoms with van der Waals surface area (Å²) >= 11 is 0. The molecule has 1 aliphatic rings. The number of carbonyl (C=O) groups is 1. The Kier molecular flexibility index (Phi) is 4.73.